The summed E-state index contributed by atoms with van der Waals surface area (Å²) in [6, 6.07) is 6.90. The quantitative estimate of drug-likeness (QED) is 0.821. The molecule has 1 saturated heterocycles. The number of carboxylic acid groups (broad SMARTS) is 1. The normalized spacial score (nSPS) is 23.3. The van der Waals surface area contributed by atoms with Gasteiger partial charge in [-0.2, -0.15) is 0 Å². The van der Waals surface area contributed by atoms with E-state index in [1.54, 1.807) is 0 Å². The first-order valence-corrected chi connectivity index (χ1v) is 8.65. The van der Waals surface area contributed by atoms with Crippen LogP contribution in [0.5, 0.6) is 0 Å². The lowest BCUT2D eigenvalue weighted by Crippen LogP contribution is -2.33. The summed E-state index contributed by atoms with van der Waals surface area (Å²) in [4.78, 5) is 23.7. The second kappa shape index (κ2) is 6.61. The molecule has 5 nitrogen and oxygen atoms in total. The van der Waals surface area contributed by atoms with Gasteiger partial charge in [0.05, 0.1) is 12.5 Å². The third kappa shape index (κ3) is 3.75. The van der Waals surface area contributed by atoms with E-state index in [1.807, 2.05) is 24.3 Å². The maximum atomic E-state index is 12.6. The maximum absolute atomic E-state index is 12.6. The number of carboxylic acids is 1. The fraction of sp³-hybridized carbons (Fsp3) is 0.529. The Bertz CT molecular complexity index is 595. The summed E-state index contributed by atoms with van der Waals surface area (Å²) in [6.07, 6.45) is 2.62. The highest BCUT2D eigenvalue weighted by atomic mass is 79.9. The number of ether oxygens (including phenoxy) is 1. The summed E-state index contributed by atoms with van der Waals surface area (Å²) in [5.74, 6) is -0.950. The molecule has 1 spiro atoms. The average molecular weight is 382 g/mol. The largest absolute Gasteiger partial charge is 0.481 e. The SMILES string of the molecule is O=C(O)C[C@H](NC(=O)[C@H]1CC12CCOCC2)c1ccc(Br)cc1. The smallest absolute Gasteiger partial charge is 0.305 e. The van der Waals surface area contributed by atoms with E-state index in [0.717, 1.165) is 42.5 Å². The molecule has 2 N–H and O–H groups in total. The zero-order valence-corrected chi connectivity index (χ0v) is 14.3. The number of carbonyl (C=O) groups is 2. The highest BCUT2D eigenvalue weighted by Crippen LogP contribution is 2.59. The predicted octanol–water partition coefficient (Wildman–Crippen LogP) is 2.90. The number of hydrogen-bond acceptors (Lipinski definition) is 3. The van der Waals surface area contributed by atoms with Gasteiger partial charge in [-0.1, -0.05) is 28.1 Å². The Balaban J connectivity index is 1.67. The molecule has 0 unspecified atom stereocenters. The summed E-state index contributed by atoms with van der Waals surface area (Å²) >= 11 is 3.36. The van der Waals surface area contributed by atoms with Crippen molar-refractivity contribution in [1.82, 2.24) is 5.32 Å². The number of carbonyl (C=O) groups excluding carboxylic acids is 1. The van der Waals surface area contributed by atoms with Gasteiger partial charge in [0.2, 0.25) is 5.91 Å². The van der Waals surface area contributed by atoms with Gasteiger partial charge >= 0.3 is 5.97 Å². The molecule has 1 heterocycles. The van der Waals surface area contributed by atoms with E-state index in [2.05, 4.69) is 21.2 Å². The summed E-state index contributed by atoms with van der Waals surface area (Å²) in [5, 5.41) is 12.1. The fourth-order valence-corrected chi connectivity index (χ4v) is 3.71. The number of aliphatic carboxylic acids is 1. The first-order valence-electron chi connectivity index (χ1n) is 7.85. The van der Waals surface area contributed by atoms with Crippen molar-refractivity contribution in [2.45, 2.75) is 31.7 Å². The number of rotatable bonds is 5. The molecule has 6 heteroatoms. The van der Waals surface area contributed by atoms with Crippen molar-refractivity contribution < 1.29 is 19.4 Å². The van der Waals surface area contributed by atoms with Crippen molar-refractivity contribution in [1.29, 1.82) is 0 Å². The van der Waals surface area contributed by atoms with E-state index in [-0.39, 0.29) is 23.7 Å². The standard InChI is InChI=1S/C17H20BrNO4/c18-12-3-1-11(2-4-12)14(9-15(20)21)19-16(22)13-10-17(13)5-7-23-8-6-17/h1-4,13-14H,5-10H2,(H,19,22)(H,20,21)/t13-,14+/m1/s1. The summed E-state index contributed by atoms with van der Waals surface area (Å²) in [6.45, 7) is 1.43. The topological polar surface area (TPSA) is 75.6 Å². The molecule has 2 fully saturated rings. The van der Waals surface area contributed by atoms with Crippen LogP contribution in [0.2, 0.25) is 0 Å². The van der Waals surface area contributed by atoms with Crippen LogP contribution < -0.4 is 5.32 Å². The molecule has 1 aromatic carbocycles. The van der Waals surface area contributed by atoms with Gasteiger partial charge in [-0.25, -0.2) is 0 Å². The van der Waals surface area contributed by atoms with Crippen molar-refractivity contribution in [2.75, 3.05) is 13.2 Å². The molecular formula is C17H20BrNO4. The van der Waals surface area contributed by atoms with Gasteiger partial charge in [0.25, 0.3) is 0 Å². The lowest BCUT2D eigenvalue weighted by Gasteiger charge is -2.23. The first kappa shape index (κ1) is 16.5. The molecule has 124 valence electrons. The molecule has 1 aromatic rings. The zero-order valence-electron chi connectivity index (χ0n) is 12.8. The van der Waals surface area contributed by atoms with Crippen LogP contribution in [-0.2, 0) is 14.3 Å². The molecule has 2 atom stereocenters. The maximum Gasteiger partial charge on any atom is 0.305 e. The molecular weight excluding hydrogens is 362 g/mol. The van der Waals surface area contributed by atoms with Crippen molar-refractivity contribution in [3.63, 3.8) is 0 Å². The van der Waals surface area contributed by atoms with Gasteiger partial charge in [-0.3, -0.25) is 9.59 Å². The third-order valence-electron chi connectivity index (χ3n) is 4.96. The number of halogens is 1. The van der Waals surface area contributed by atoms with E-state index < -0.39 is 12.0 Å². The molecule has 0 radical (unpaired) electrons. The second-order valence-corrected chi connectivity index (χ2v) is 7.36. The van der Waals surface area contributed by atoms with Gasteiger partial charge in [0, 0.05) is 23.6 Å². The van der Waals surface area contributed by atoms with Crippen LogP contribution in [0.1, 0.15) is 37.3 Å². The van der Waals surface area contributed by atoms with Gasteiger partial charge in [-0.05, 0) is 42.4 Å². The van der Waals surface area contributed by atoms with E-state index in [4.69, 9.17) is 9.84 Å². The summed E-state index contributed by atoms with van der Waals surface area (Å²) in [7, 11) is 0. The van der Waals surface area contributed by atoms with Crippen LogP contribution in [0.15, 0.2) is 28.7 Å². The van der Waals surface area contributed by atoms with E-state index in [9.17, 15) is 9.59 Å². The fourth-order valence-electron chi connectivity index (χ4n) is 3.44. The van der Waals surface area contributed by atoms with Gasteiger partial charge in [0.1, 0.15) is 0 Å². The predicted molar refractivity (Wildman–Crippen MR) is 87.9 cm³/mol. The molecule has 1 aliphatic carbocycles. The zero-order chi connectivity index (χ0) is 16.4. The molecule has 1 saturated carbocycles. The number of benzene rings is 1. The van der Waals surface area contributed by atoms with Crippen LogP contribution in [0.4, 0.5) is 0 Å². The Hall–Kier alpha value is -1.40. The molecule has 0 aromatic heterocycles. The molecule has 2 aliphatic rings. The molecule has 0 bridgehead atoms. The highest BCUT2D eigenvalue weighted by Gasteiger charge is 2.58. The minimum atomic E-state index is -0.921. The van der Waals surface area contributed by atoms with Crippen molar-refractivity contribution in [2.24, 2.45) is 11.3 Å². The Morgan fingerprint density at radius 2 is 1.96 bits per heavy atom. The second-order valence-electron chi connectivity index (χ2n) is 6.44. The summed E-state index contributed by atoms with van der Waals surface area (Å²) < 4.78 is 6.29. The highest BCUT2D eigenvalue weighted by molar-refractivity contribution is 9.10. The Kier molecular flexibility index (Phi) is 4.73. The minimum Gasteiger partial charge on any atom is -0.481 e. The van der Waals surface area contributed by atoms with E-state index in [1.165, 1.54) is 0 Å². The Morgan fingerprint density at radius 1 is 1.30 bits per heavy atom. The molecule has 1 aliphatic heterocycles. The number of amides is 1. The van der Waals surface area contributed by atoms with Crippen LogP contribution in [-0.4, -0.2) is 30.2 Å². The summed E-state index contributed by atoms with van der Waals surface area (Å²) in [5.41, 5.74) is 0.904. The van der Waals surface area contributed by atoms with Gasteiger partial charge in [-0.15, -0.1) is 0 Å². The van der Waals surface area contributed by atoms with Crippen molar-refractivity contribution >= 4 is 27.8 Å². The lowest BCUT2D eigenvalue weighted by molar-refractivity contribution is -0.137. The van der Waals surface area contributed by atoms with Crippen molar-refractivity contribution in [3.05, 3.63) is 34.3 Å². The molecule has 23 heavy (non-hydrogen) atoms. The Morgan fingerprint density at radius 3 is 2.57 bits per heavy atom. The van der Waals surface area contributed by atoms with Gasteiger partial charge < -0.3 is 15.2 Å². The van der Waals surface area contributed by atoms with Gasteiger partial charge in [0.15, 0.2) is 0 Å². The monoisotopic (exact) mass is 381 g/mol. The first-order chi connectivity index (χ1) is 11.0. The lowest BCUT2D eigenvalue weighted by atomic mass is 9.93. The van der Waals surface area contributed by atoms with E-state index >= 15 is 0 Å². The van der Waals surface area contributed by atoms with Crippen LogP contribution >= 0.6 is 15.9 Å². The van der Waals surface area contributed by atoms with Crippen LogP contribution in [0.25, 0.3) is 0 Å². The van der Waals surface area contributed by atoms with Crippen LogP contribution in [0.3, 0.4) is 0 Å². The number of nitrogens with one attached hydrogen (secondary N) is 1. The van der Waals surface area contributed by atoms with Crippen molar-refractivity contribution in [3.8, 4) is 0 Å². The van der Waals surface area contributed by atoms with Crippen LogP contribution in [0, 0.1) is 11.3 Å². The average Bonchev–Trinajstić information content (AvgIpc) is 3.21. The Labute approximate surface area is 143 Å². The minimum absolute atomic E-state index is 0.00172. The third-order valence-corrected chi connectivity index (χ3v) is 5.49. The van der Waals surface area contributed by atoms with E-state index in [0.29, 0.717) is 0 Å². The number of hydrogen-bond donors (Lipinski definition) is 2. The molecule has 3 rings (SSSR count). The molecule has 1 amide bonds.